The Morgan fingerprint density at radius 3 is 2.77 bits per heavy atom. The number of amides is 3. The molecule has 1 aromatic heterocycles. The van der Waals surface area contributed by atoms with Gasteiger partial charge in [0.2, 0.25) is 5.91 Å². The molecule has 0 aliphatic carbocycles. The number of hydrogen-bond donors (Lipinski definition) is 2. The highest BCUT2D eigenvalue weighted by atomic mass is 16.2. The number of hydrogen-bond acceptors (Lipinski definition) is 3. The zero-order chi connectivity index (χ0) is 15.8. The first-order valence-corrected chi connectivity index (χ1v) is 7.93. The Morgan fingerprint density at radius 2 is 2.05 bits per heavy atom. The molecule has 0 bridgehead atoms. The lowest BCUT2D eigenvalue weighted by Gasteiger charge is -2.25. The molecular weight excluding hydrogens is 280 g/mol. The average molecular weight is 304 g/mol. The van der Waals surface area contributed by atoms with Gasteiger partial charge in [-0.05, 0) is 37.0 Å². The van der Waals surface area contributed by atoms with Crippen molar-refractivity contribution >= 4 is 11.9 Å². The van der Waals surface area contributed by atoms with Gasteiger partial charge in [-0.3, -0.25) is 9.78 Å². The first-order valence-electron chi connectivity index (χ1n) is 7.93. The number of urea groups is 1. The van der Waals surface area contributed by atoms with Crippen LogP contribution in [-0.2, 0) is 4.79 Å². The summed E-state index contributed by atoms with van der Waals surface area (Å²) in [5.41, 5.74) is 1.11. The number of carbonyl (C=O) groups is 2. The number of rotatable bonds is 6. The SMILES string of the molecule is CCCNC(=O)CCNC(=O)N1CCCC1c1ccncc1. The minimum Gasteiger partial charge on any atom is -0.356 e. The van der Waals surface area contributed by atoms with Gasteiger partial charge in [-0.1, -0.05) is 6.92 Å². The third kappa shape index (κ3) is 4.44. The summed E-state index contributed by atoms with van der Waals surface area (Å²) in [6.07, 6.45) is 6.70. The maximum atomic E-state index is 12.3. The first kappa shape index (κ1) is 16.3. The summed E-state index contributed by atoms with van der Waals surface area (Å²) in [6.45, 7) is 3.81. The third-order valence-corrected chi connectivity index (χ3v) is 3.80. The molecule has 0 aromatic carbocycles. The summed E-state index contributed by atoms with van der Waals surface area (Å²) in [4.78, 5) is 29.7. The van der Waals surface area contributed by atoms with Gasteiger partial charge < -0.3 is 15.5 Å². The molecule has 120 valence electrons. The van der Waals surface area contributed by atoms with Crippen LogP contribution in [0, 0.1) is 0 Å². The van der Waals surface area contributed by atoms with Crippen LogP contribution < -0.4 is 10.6 Å². The molecule has 2 N–H and O–H groups in total. The maximum Gasteiger partial charge on any atom is 0.317 e. The van der Waals surface area contributed by atoms with E-state index in [0.29, 0.717) is 19.5 Å². The molecule has 1 unspecified atom stereocenters. The Kier molecular flexibility index (Phi) is 6.18. The van der Waals surface area contributed by atoms with Crippen molar-refractivity contribution in [3.05, 3.63) is 30.1 Å². The number of likely N-dealkylation sites (tertiary alicyclic amines) is 1. The molecule has 1 aromatic rings. The summed E-state index contributed by atoms with van der Waals surface area (Å²) in [7, 11) is 0. The molecule has 1 atom stereocenters. The fourth-order valence-corrected chi connectivity index (χ4v) is 2.68. The van der Waals surface area contributed by atoms with Gasteiger partial charge in [-0.2, -0.15) is 0 Å². The second-order valence-electron chi connectivity index (χ2n) is 5.46. The average Bonchev–Trinajstić information content (AvgIpc) is 3.03. The summed E-state index contributed by atoms with van der Waals surface area (Å²) in [5.74, 6) is -0.0192. The predicted octanol–water partition coefficient (Wildman–Crippen LogP) is 1.84. The topological polar surface area (TPSA) is 74.3 Å². The molecule has 2 heterocycles. The van der Waals surface area contributed by atoms with Gasteiger partial charge in [0, 0.05) is 38.4 Å². The van der Waals surface area contributed by atoms with Crippen LogP contribution >= 0.6 is 0 Å². The predicted molar refractivity (Wildman–Crippen MR) is 84.2 cm³/mol. The zero-order valence-electron chi connectivity index (χ0n) is 13.0. The van der Waals surface area contributed by atoms with E-state index >= 15 is 0 Å². The maximum absolute atomic E-state index is 12.3. The number of carbonyl (C=O) groups excluding carboxylic acids is 2. The molecule has 6 nitrogen and oxygen atoms in total. The van der Waals surface area contributed by atoms with Crippen molar-refractivity contribution in [2.75, 3.05) is 19.6 Å². The van der Waals surface area contributed by atoms with E-state index < -0.39 is 0 Å². The van der Waals surface area contributed by atoms with Gasteiger partial charge >= 0.3 is 6.03 Å². The Hall–Kier alpha value is -2.11. The Morgan fingerprint density at radius 1 is 1.27 bits per heavy atom. The fourth-order valence-electron chi connectivity index (χ4n) is 2.68. The fraction of sp³-hybridized carbons (Fsp3) is 0.562. The van der Waals surface area contributed by atoms with E-state index in [-0.39, 0.29) is 18.0 Å². The lowest BCUT2D eigenvalue weighted by atomic mass is 10.1. The van der Waals surface area contributed by atoms with Crippen LogP contribution in [0.5, 0.6) is 0 Å². The molecular formula is C16H24N4O2. The van der Waals surface area contributed by atoms with E-state index in [2.05, 4.69) is 15.6 Å². The van der Waals surface area contributed by atoms with Crippen molar-refractivity contribution in [3.63, 3.8) is 0 Å². The van der Waals surface area contributed by atoms with Gasteiger partial charge in [0.15, 0.2) is 0 Å². The van der Waals surface area contributed by atoms with Crippen molar-refractivity contribution < 1.29 is 9.59 Å². The molecule has 2 rings (SSSR count). The summed E-state index contributed by atoms with van der Waals surface area (Å²) >= 11 is 0. The molecule has 22 heavy (non-hydrogen) atoms. The van der Waals surface area contributed by atoms with E-state index in [1.807, 2.05) is 24.0 Å². The lowest BCUT2D eigenvalue weighted by molar-refractivity contribution is -0.120. The van der Waals surface area contributed by atoms with Crippen molar-refractivity contribution in [2.24, 2.45) is 0 Å². The minimum absolute atomic E-state index is 0.0192. The number of nitrogens with zero attached hydrogens (tertiary/aromatic N) is 2. The number of nitrogens with one attached hydrogen (secondary N) is 2. The lowest BCUT2D eigenvalue weighted by Crippen LogP contribution is -2.41. The second kappa shape index (κ2) is 8.36. The highest BCUT2D eigenvalue weighted by molar-refractivity contribution is 5.78. The first-order chi connectivity index (χ1) is 10.7. The minimum atomic E-state index is -0.0948. The van der Waals surface area contributed by atoms with Crippen LogP contribution in [0.1, 0.15) is 44.2 Å². The van der Waals surface area contributed by atoms with Crippen molar-refractivity contribution in [3.8, 4) is 0 Å². The quantitative estimate of drug-likeness (QED) is 0.842. The molecule has 1 aliphatic rings. The molecule has 1 saturated heterocycles. The molecule has 0 radical (unpaired) electrons. The van der Waals surface area contributed by atoms with E-state index in [4.69, 9.17) is 0 Å². The highest BCUT2D eigenvalue weighted by Crippen LogP contribution is 2.31. The van der Waals surface area contributed by atoms with Crippen molar-refractivity contribution in [2.45, 2.75) is 38.6 Å². The standard InChI is InChI=1S/C16H24N4O2/c1-2-8-18-15(21)7-11-19-16(22)20-12-3-4-14(20)13-5-9-17-10-6-13/h5-6,9-10,14H,2-4,7-8,11-12H2,1H3,(H,18,21)(H,19,22). The Labute approximate surface area is 131 Å². The summed E-state index contributed by atoms with van der Waals surface area (Å²) < 4.78 is 0. The summed E-state index contributed by atoms with van der Waals surface area (Å²) in [5, 5.41) is 5.64. The molecule has 0 saturated carbocycles. The monoisotopic (exact) mass is 304 g/mol. The van der Waals surface area contributed by atoms with Crippen molar-refractivity contribution in [1.29, 1.82) is 0 Å². The van der Waals surface area contributed by atoms with Crippen LogP contribution in [0.4, 0.5) is 4.79 Å². The van der Waals surface area contributed by atoms with Gasteiger partial charge in [-0.25, -0.2) is 4.79 Å². The molecule has 0 spiro atoms. The Balaban J connectivity index is 1.80. The van der Waals surface area contributed by atoms with E-state index in [1.165, 1.54) is 0 Å². The van der Waals surface area contributed by atoms with Crippen LogP contribution in [0.25, 0.3) is 0 Å². The van der Waals surface area contributed by atoms with E-state index in [0.717, 1.165) is 31.4 Å². The van der Waals surface area contributed by atoms with Crippen LogP contribution in [0.15, 0.2) is 24.5 Å². The number of aromatic nitrogens is 1. The third-order valence-electron chi connectivity index (χ3n) is 3.80. The van der Waals surface area contributed by atoms with Gasteiger partial charge in [-0.15, -0.1) is 0 Å². The largest absolute Gasteiger partial charge is 0.356 e. The zero-order valence-corrected chi connectivity index (χ0v) is 13.0. The van der Waals surface area contributed by atoms with Gasteiger partial charge in [0.1, 0.15) is 0 Å². The molecule has 1 fully saturated rings. The highest BCUT2D eigenvalue weighted by Gasteiger charge is 2.29. The normalized spacial score (nSPS) is 17.3. The molecule has 3 amide bonds. The van der Waals surface area contributed by atoms with Crippen LogP contribution in [0.2, 0.25) is 0 Å². The molecule has 6 heteroatoms. The molecule has 1 aliphatic heterocycles. The van der Waals surface area contributed by atoms with Gasteiger partial charge in [0.25, 0.3) is 0 Å². The van der Waals surface area contributed by atoms with Crippen molar-refractivity contribution in [1.82, 2.24) is 20.5 Å². The van der Waals surface area contributed by atoms with E-state index in [1.54, 1.807) is 12.4 Å². The van der Waals surface area contributed by atoms with Crippen LogP contribution in [0.3, 0.4) is 0 Å². The van der Waals surface area contributed by atoms with E-state index in [9.17, 15) is 9.59 Å². The van der Waals surface area contributed by atoms with Gasteiger partial charge in [0.05, 0.1) is 6.04 Å². The Bertz CT molecular complexity index is 492. The van der Waals surface area contributed by atoms with Crippen LogP contribution in [-0.4, -0.2) is 41.5 Å². The second-order valence-corrected chi connectivity index (χ2v) is 5.46. The number of pyridine rings is 1. The smallest absolute Gasteiger partial charge is 0.317 e. The summed E-state index contributed by atoms with van der Waals surface area (Å²) in [6, 6.07) is 3.92.